The van der Waals surface area contributed by atoms with Crippen molar-refractivity contribution in [1.29, 1.82) is 0 Å². The Morgan fingerprint density at radius 1 is 1.45 bits per heavy atom. The molecule has 0 atom stereocenters. The van der Waals surface area contributed by atoms with Gasteiger partial charge in [0, 0.05) is 46.5 Å². The topological polar surface area (TPSA) is 50.7 Å². The summed E-state index contributed by atoms with van der Waals surface area (Å²) in [5.41, 5.74) is 4.11. The SMILES string of the molecule is Cc1[nH]cnc1CCC(=O)c1cn2c3c(cccc13)SCC2. The first-order valence-electron chi connectivity index (χ1n) is 7.51. The fourth-order valence-electron chi connectivity index (χ4n) is 3.10. The van der Waals surface area contributed by atoms with E-state index in [4.69, 9.17) is 0 Å². The number of imidazole rings is 1. The molecule has 1 aliphatic heterocycles. The minimum atomic E-state index is 0.204. The molecule has 3 heterocycles. The number of aryl methyl sites for hydroxylation is 3. The highest BCUT2D eigenvalue weighted by Gasteiger charge is 2.20. The monoisotopic (exact) mass is 311 g/mol. The molecule has 0 spiro atoms. The van der Waals surface area contributed by atoms with Crippen molar-refractivity contribution in [1.82, 2.24) is 14.5 Å². The third kappa shape index (κ3) is 2.16. The number of Topliss-reactive ketones (excluding diaryl/α,β-unsaturated/α-hetero) is 1. The van der Waals surface area contributed by atoms with Crippen LogP contribution in [0.1, 0.15) is 28.2 Å². The second-order valence-corrected chi connectivity index (χ2v) is 6.77. The Kier molecular flexibility index (Phi) is 3.30. The molecule has 0 saturated heterocycles. The van der Waals surface area contributed by atoms with Gasteiger partial charge in [-0.3, -0.25) is 4.79 Å². The molecule has 2 aromatic heterocycles. The number of carbonyl (C=O) groups excluding carboxylic acids is 1. The number of para-hydroxylation sites is 1. The van der Waals surface area contributed by atoms with Crippen LogP contribution in [-0.2, 0) is 13.0 Å². The van der Waals surface area contributed by atoms with E-state index >= 15 is 0 Å². The van der Waals surface area contributed by atoms with E-state index in [1.165, 1.54) is 10.4 Å². The Hall–Kier alpha value is -2.01. The number of ketones is 1. The molecule has 5 heteroatoms. The number of thioether (sulfide) groups is 1. The highest BCUT2D eigenvalue weighted by Crippen LogP contribution is 2.35. The molecular formula is C17H17N3OS. The number of nitrogens with zero attached hydrogens (tertiary/aromatic N) is 2. The number of hydrogen-bond acceptors (Lipinski definition) is 3. The molecular weight excluding hydrogens is 294 g/mol. The molecule has 0 radical (unpaired) electrons. The van der Waals surface area contributed by atoms with Crippen molar-refractivity contribution in [3.63, 3.8) is 0 Å². The first kappa shape index (κ1) is 13.6. The Labute approximate surface area is 132 Å². The van der Waals surface area contributed by atoms with Crippen molar-refractivity contribution in [2.45, 2.75) is 31.2 Å². The zero-order valence-electron chi connectivity index (χ0n) is 12.4. The lowest BCUT2D eigenvalue weighted by Crippen LogP contribution is -2.04. The van der Waals surface area contributed by atoms with Crippen LogP contribution in [0.25, 0.3) is 10.9 Å². The Bertz CT molecular complexity index is 862. The molecule has 0 bridgehead atoms. The quantitative estimate of drug-likeness (QED) is 0.749. The van der Waals surface area contributed by atoms with Crippen LogP contribution in [0.2, 0.25) is 0 Å². The van der Waals surface area contributed by atoms with Crippen molar-refractivity contribution >= 4 is 28.4 Å². The van der Waals surface area contributed by atoms with Gasteiger partial charge in [0.2, 0.25) is 0 Å². The number of H-pyrrole nitrogens is 1. The fraction of sp³-hybridized carbons (Fsp3) is 0.294. The van der Waals surface area contributed by atoms with Crippen molar-refractivity contribution in [3.05, 3.63) is 47.7 Å². The molecule has 0 amide bonds. The van der Waals surface area contributed by atoms with Crippen LogP contribution in [0.5, 0.6) is 0 Å². The molecule has 0 unspecified atom stereocenters. The molecule has 4 nitrogen and oxygen atoms in total. The maximum atomic E-state index is 12.7. The largest absolute Gasteiger partial charge is 0.348 e. The van der Waals surface area contributed by atoms with Crippen LogP contribution >= 0.6 is 11.8 Å². The van der Waals surface area contributed by atoms with E-state index in [0.717, 1.165) is 34.6 Å². The molecule has 4 rings (SSSR count). The van der Waals surface area contributed by atoms with Gasteiger partial charge in [0.15, 0.2) is 5.78 Å². The van der Waals surface area contributed by atoms with E-state index < -0.39 is 0 Å². The van der Waals surface area contributed by atoms with Crippen molar-refractivity contribution in [2.24, 2.45) is 0 Å². The molecule has 22 heavy (non-hydrogen) atoms. The molecule has 3 aromatic rings. The van der Waals surface area contributed by atoms with Crippen LogP contribution in [0.3, 0.4) is 0 Å². The lowest BCUT2D eigenvalue weighted by Gasteiger charge is -2.14. The second kappa shape index (κ2) is 5.32. The summed E-state index contributed by atoms with van der Waals surface area (Å²) in [6, 6.07) is 6.26. The first-order valence-corrected chi connectivity index (χ1v) is 8.49. The zero-order chi connectivity index (χ0) is 15.1. The van der Waals surface area contributed by atoms with Gasteiger partial charge >= 0.3 is 0 Å². The van der Waals surface area contributed by atoms with Gasteiger partial charge < -0.3 is 9.55 Å². The third-order valence-electron chi connectivity index (χ3n) is 4.27. The highest BCUT2D eigenvalue weighted by molar-refractivity contribution is 7.99. The molecule has 0 aliphatic carbocycles. The third-order valence-corrected chi connectivity index (χ3v) is 5.30. The highest BCUT2D eigenvalue weighted by atomic mass is 32.2. The summed E-state index contributed by atoms with van der Waals surface area (Å²) in [6.07, 6.45) is 4.91. The van der Waals surface area contributed by atoms with Crippen LogP contribution < -0.4 is 0 Å². The molecule has 0 saturated carbocycles. The van der Waals surface area contributed by atoms with Gasteiger partial charge in [0.25, 0.3) is 0 Å². The lowest BCUT2D eigenvalue weighted by molar-refractivity contribution is 0.0984. The summed E-state index contributed by atoms with van der Waals surface area (Å²) >= 11 is 1.87. The number of hydrogen-bond donors (Lipinski definition) is 1. The molecule has 1 N–H and O–H groups in total. The van der Waals surface area contributed by atoms with E-state index in [-0.39, 0.29) is 5.78 Å². The van der Waals surface area contributed by atoms with E-state index in [1.807, 2.05) is 24.9 Å². The van der Waals surface area contributed by atoms with E-state index in [2.05, 4.69) is 32.7 Å². The van der Waals surface area contributed by atoms with E-state index in [9.17, 15) is 4.79 Å². The number of benzene rings is 1. The van der Waals surface area contributed by atoms with Gasteiger partial charge in [-0.2, -0.15) is 0 Å². The van der Waals surface area contributed by atoms with Crippen LogP contribution in [0.4, 0.5) is 0 Å². The minimum absolute atomic E-state index is 0.204. The van der Waals surface area contributed by atoms with Gasteiger partial charge in [0.1, 0.15) is 0 Å². The predicted molar refractivity (Wildman–Crippen MR) is 88.6 cm³/mol. The normalized spacial score (nSPS) is 13.7. The van der Waals surface area contributed by atoms with Gasteiger partial charge in [-0.1, -0.05) is 12.1 Å². The molecule has 112 valence electrons. The maximum absolute atomic E-state index is 12.7. The van der Waals surface area contributed by atoms with E-state index in [0.29, 0.717) is 12.8 Å². The van der Waals surface area contributed by atoms with Crippen molar-refractivity contribution in [2.75, 3.05) is 5.75 Å². The minimum Gasteiger partial charge on any atom is -0.348 e. The van der Waals surface area contributed by atoms with Crippen LogP contribution in [0, 0.1) is 6.92 Å². The average molecular weight is 311 g/mol. The standard InChI is InChI=1S/C17H17N3OS/c1-11-14(19-10-18-11)5-6-15(21)13-9-20-7-8-22-16-4-2-3-12(13)17(16)20/h2-4,9-10H,5-8H2,1H3,(H,18,19). The van der Waals surface area contributed by atoms with E-state index in [1.54, 1.807) is 6.33 Å². The lowest BCUT2D eigenvalue weighted by atomic mass is 10.0. The summed E-state index contributed by atoms with van der Waals surface area (Å²) in [5.74, 6) is 1.27. The average Bonchev–Trinajstić information content (AvgIpc) is 3.11. The molecule has 1 aromatic carbocycles. The number of rotatable bonds is 4. The summed E-state index contributed by atoms with van der Waals surface area (Å²) in [5, 5.41) is 1.09. The Morgan fingerprint density at radius 3 is 3.18 bits per heavy atom. The maximum Gasteiger partial charge on any atom is 0.165 e. The molecule has 0 fully saturated rings. The van der Waals surface area contributed by atoms with Crippen LogP contribution in [-0.4, -0.2) is 26.1 Å². The van der Waals surface area contributed by atoms with Gasteiger partial charge in [-0.15, -0.1) is 11.8 Å². The van der Waals surface area contributed by atoms with Gasteiger partial charge in [-0.05, 0) is 19.4 Å². The Morgan fingerprint density at radius 2 is 2.36 bits per heavy atom. The smallest absolute Gasteiger partial charge is 0.165 e. The van der Waals surface area contributed by atoms with Crippen LogP contribution in [0.15, 0.2) is 35.6 Å². The van der Waals surface area contributed by atoms with Gasteiger partial charge in [0.05, 0.1) is 17.5 Å². The number of carbonyl (C=O) groups is 1. The second-order valence-electron chi connectivity index (χ2n) is 5.63. The summed E-state index contributed by atoms with van der Waals surface area (Å²) in [6.45, 7) is 2.97. The zero-order valence-corrected chi connectivity index (χ0v) is 13.2. The number of aromatic nitrogens is 3. The molecule has 1 aliphatic rings. The number of aromatic amines is 1. The predicted octanol–water partition coefficient (Wildman–Crippen LogP) is 3.59. The van der Waals surface area contributed by atoms with Crippen molar-refractivity contribution < 1.29 is 4.79 Å². The summed E-state index contributed by atoms with van der Waals surface area (Å²) in [7, 11) is 0. The first-order chi connectivity index (χ1) is 10.7. The van der Waals surface area contributed by atoms with Crippen molar-refractivity contribution in [3.8, 4) is 0 Å². The fourth-order valence-corrected chi connectivity index (χ4v) is 4.15. The summed E-state index contributed by atoms with van der Waals surface area (Å²) < 4.78 is 2.23. The summed E-state index contributed by atoms with van der Waals surface area (Å²) in [4.78, 5) is 21.3. The Balaban J connectivity index is 1.65. The van der Waals surface area contributed by atoms with Gasteiger partial charge in [-0.25, -0.2) is 4.98 Å². The number of nitrogens with one attached hydrogen (secondary N) is 1.